The minimum absolute atomic E-state index is 0.124. The van der Waals surface area contributed by atoms with Crippen LogP contribution in [0.2, 0.25) is 0 Å². The summed E-state index contributed by atoms with van der Waals surface area (Å²) in [4.78, 5) is 19.6. The highest BCUT2D eigenvalue weighted by molar-refractivity contribution is 5.40. The molecule has 1 aliphatic rings. The van der Waals surface area contributed by atoms with Gasteiger partial charge in [0.05, 0.1) is 0 Å². The van der Waals surface area contributed by atoms with E-state index in [0.29, 0.717) is 11.1 Å². The summed E-state index contributed by atoms with van der Waals surface area (Å²) in [6.07, 6.45) is 1.00. The van der Waals surface area contributed by atoms with Crippen LogP contribution in [-0.4, -0.2) is 40.6 Å². The highest BCUT2D eigenvalue weighted by Crippen LogP contribution is 2.26. The molecular formula is C30H53F2N5O. The summed E-state index contributed by atoms with van der Waals surface area (Å²) in [5, 5.41) is 0. The van der Waals surface area contributed by atoms with Gasteiger partial charge in [0.1, 0.15) is 11.6 Å². The molecule has 0 bridgehead atoms. The van der Waals surface area contributed by atoms with E-state index in [-0.39, 0.29) is 22.7 Å². The molecule has 3 rings (SSSR count). The van der Waals surface area contributed by atoms with E-state index in [9.17, 15) is 13.6 Å². The topological polar surface area (TPSA) is 67.4 Å². The quantitative estimate of drug-likeness (QED) is 0.423. The Labute approximate surface area is 230 Å². The number of hydrogen-bond donors (Lipinski definition) is 1. The molecule has 1 aliphatic heterocycles. The Morgan fingerprint density at radius 1 is 0.974 bits per heavy atom. The standard InChI is InChI=1S/C17H26FN3.C7H9FN2O.3C2H6/c1-13-6-7-15(19-16(13)18)21-10-8-20(9-11-21)14(2)12-17(3,4)5;1-4-3-5(8)6(9)10(2)7(4)11;3*1-2/h6-7H,2,8-12H2,1,3-5H3;3H,9H2,1-2H3;3*1-2H3. The van der Waals surface area contributed by atoms with E-state index in [2.05, 4.69) is 42.1 Å². The van der Waals surface area contributed by atoms with Crippen LogP contribution >= 0.6 is 0 Å². The van der Waals surface area contributed by atoms with Crippen molar-refractivity contribution in [1.29, 1.82) is 0 Å². The summed E-state index contributed by atoms with van der Waals surface area (Å²) in [6, 6.07) is 4.83. The largest absolute Gasteiger partial charge is 0.383 e. The van der Waals surface area contributed by atoms with Crippen molar-refractivity contribution in [1.82, 2.24) is 14.5 Å². The smallest absolute Gasteiger partial charge is 0.254 e. The lowest BCUT2D eigenvalue weighted by atomic mass is 9.90. The van der Waals surface area contributed by atoms with Crippen LogP contribution in [-0.2, 0) is 7.05 Å². The number of nitrogen functional groups attached to an aromatic ring is 1. The number of aryl methyl sites for hydroxylation is 2. The molecule has 0 amide bonds. The zero-order chi connectivity index (χ0) is 30.2. The van der Waals surface area contributed by atoms with Gasteiger partial charge in [0.25, 0.3) is 5.56 Å². The number of piperazine rings is 1. The van der Waals surface area contributed by atoms with Gasteiger partial charge in [-0.1, -0.05) is 75.0 Å². The van der Waals surface area contributed by atoms with Crippen LogP contribution in [0, 0.1) is 31.0 Å². The van der Waals surface area contributed by atoms with Gasteiger partial charge in [-0.15, -0.1) is 0 Å². The van der Waals surface area contributed by atoms with Gasteiger partial charge >= 0.3 is 0 Å². The van der Waals surface area contributed by atoms with E-state index < -0.39 is 5.82 Å². The van der Waals surface area contributed by atoms with Gasteiger partial charge in [-0.3, -0.25) is 9.36 Å². The molecule has 0 unspecified atom stereocenters. The van der Waals surface area contributed by atoms with Crippen molar-refractivity contribution in [2.75, 3.05) is 36.8 Å². The molecule has 0 atom stereocenters. The maximum atomic E-state index is 13.6. The molecule has 2 N–H and O–H groups in total. The van der Waals surface area contributed by atoms with Crippen molar-refractivity contribution in [3.8, 4) is 0 Å². The predicted molar refractivity (Wildman–Crippen MR) is 161 cm³/mol. The summed E-state index contributed by atoms with van der Waals surface area (Å²) in [7, 11) is 1.44. The Morgan fingerprint density at radius 2 is 1.47 bits per heavy atom. The average molecular weight is 538 g/mol. The zero-order valence-electron chi connectivity index (χ0n) is 26.0. The first kappa shape index (κ1) is 37.3. The van der Waals surface area contributed by atoms with Gasteiger partial charge in [-0.05, 0) is 37.8 Å². The number of halogens is 2. The molecule has 38 heavy (non-hydrogen) atoms. The van der Waals surface area contributed by atoms with Crippen LogP contribution in [0.1, 0.15) is 79.9 Å². The van der Waals surface area contributed by atoms with E-state index in [1.54, 1.807) is 19.9 Å². The van der Waals surface area contributed by atoms with E-state index in [0.717, 1.165) is 49.1 Å². The van der Waals surface area contributed by atoms with Crippen LogP contribution in [0.4, 0.5) is 20.4 Å². The molecule has 0 spiro atoms. The first-order valence-corrected chi connectivity index (χ1v) is 13.7. The van der Waals surface area contributed by atoms with Gasteiger partial charge in [-0.2, -0.15) is 4.39 Å². The fraction of sp³-hybridized carbons (Fsp3) is 0.600. The second-order valence-corrected chi connectivity index (χ2v) is 9.48. The molecular weight excluding hydrogens is 484 g/mol. The summed E-state index contributed by atoms with van der Waals surface area (Å²) in [5.41, 5.74) is 7.39. The third-order valence-corrected chi connectivity index (χ3v) is 5.40. The Morgan fingerprint density at radius 3 is 1.92 bits per heavy atom. The Bertz CT molecular complexity index is 1020. The van der Waals surface area contributed by atoms with Crippen molar-refractivity contribution in [3.63, 3.8) is 0 Å². The first-order chi connectivity index (χ1) is 17.8. The number of nitrogens with two attached hydrogens (primary N) is 1. The maximum absolute atomic E-state index is 13.6. The summed E-state index contributed by atoms with van der Waals surface area (Å²) in [5.74, 6) is -0.309. The monoisotopic (exact) mass is 537 g/mol. The van der Waals surface area contributed by atoms with E-state index in [4.69, 9.17) is 5.73 Å². The van der Waals surface area contributed by atoms with Crippen molar-refractivity contribution in [2.24, 2.45) is 12.5 Å². The SMILES string of the molecule is C=C(CC(C)(C)C)N1CCN(c2ccc(C)c(F)n2)CC1.CC.CC.CC.Cc1cc(F)c(N)n(C)c1=O. The molecule has 0 saturated carbocycles. The van der Waals surface area contributed by atoms with Crippen LogP contribution in [0.15, 0.2) is 35.3 Å². The maximum Gasteiger partial charge on any atom is 0.254 e. The molecule has 0 aromatic carbocycles. The number of aromatic nitrogens is 2. The first-order valence-electron chi connectivity index (χ1n) is 13.7. The second-order valence-electron chi connectivity index (χ2n) is 9.48. The fourth-order valence-corrected chi connectivity index (χ4v) is 3.51. The van der Waals surface area contributed by atoms with Crippen molar-refractivity contribution in [2.45, 2.75) is 82.6 Å². The minimum Gasteiger partial charge on any atom is -0.383 e. The summed E-state index contributed by atoms with van der Waals surface area (Å²) < 4.78 is 27.4. The molecule has 218 valence electrons. The van der Waals surface area contributed by atoms with Gasteiger partial charge in [-0.25, -0.2) is 9.37 Å². The predicted octanol–water partition coefficient (Wildman–Crippen LogP) is 7.09. The highest BCUT2D eigenvalue weighted by Gasteiger charge is 2.22. The van der Waals surface area contributed by atoms with Gasteiger partial charge < -0.3 is 15.5 Å². The van der Waals surface area contributed by atoms with Crippen LogP contribution in [0.25, 0.3) is 0 Å². The third kappa shape index (κ3) is 12.1. The van der Waals surface area contributed by atoms with Crippen molar-refractivity contribution < 1.29 is 8.78 Å². The molecule has 3 heterocycles. The van der Waals surface area contributed by atoms with Crippen LogP contribution in [0.5, 0.6) is 0 Å². The highest BCUT2D eigenvalue weighted by atomic mass is 19.1. The molecule has 0 aliphatic carbocycles. The van der Waals surface area contributed by atoms with Gasteiger partial charge in [0.2, 0.25) is 5.95 Å². The summed E-state index contributed by atoms with van der Waals surface area (Å²) >= 11 is 0. The lowest BCUT2D eigenvalue weighted by Crippen LogP contribution is -2.46. The van der Waals surface area contributed by atoms with Crippen molar-refractivity contribution >= 4 is 11.6 Å². The average Bonchev–Trinajstić information content (AvgIpc) is 2.91. The van der Waals surface area contributed by atoms with E-state index in [1.165, 1.54) is 12.7 Å². The second kappa shape index (κ2) is 18.4. The number of allylic oxidation sites excluding steroid dienone is 1. The van der Waals surface area contributed by atoms with E-state index >= 15 is 0 Å². The molecule has 2 aromatic heterocycles. The minimum atomic E-state index is -0.551. The Balaban J connectivity index is 0. The Hall–Kier alpha value is -2.90. The number of pyridine rings is 2. The number of anilines is 2. The Kier molecular flexibility index (Phi) is 18.0. The fourth-order valence-electron chi connectivity index (χ4n) is 3.51. The van der Waals surface area contributed by atoms with Crippen molar-refractivity contribution in [3.05, 3.63) is 63.7 Å². The molecule has 1 saturated heterocycles. The molecule has 1 fully saturated rings. The lowest BCUT2D eigenvalue weighted by Gasteiger charge is -2.39. The normalized spacial score (nSPS) is 12.4. The van der Waals surface area contributed by atoms with Gasteiger partial charge in [0.15, 0.2) is 5.82 Å². The molecule has 2 aromatic rings. The number of nitrogens with zero attached hydrogens (tertiary/aromatic N) is 4. The summed E-state index contributed by atoms with van der Waals surface area (Å²) in [6.45, 7) is 29.8. The number of hydrogen-bond acceptors (Lipinski definition) is 5. The lowest BCUT2D eigenvalue weighted by molar-refractivity contribution is 0.276. The van der Waals surface area contributed by atoms with Crippen LogP contribution in [0.3, 0.4) is 0 Å². The number of rotatable bonds is 3. The molecule has 6 nitrogen and oxygen atoms in total. The van der Waals surface area contributed by atoms with E-state index in [1.807, 2.05) is 47.6 Å². The molecule has 8 heteroatoms. The zero-order valence-corrected chi connectivity index (χ0v) is 26.0. The third-order valence-electron chi connectivity index (χ3n) is 5.40. The molecule has 0 radical (unpaired) electrons. The van der Waals surface area contributed by atoms with Crippen LogP contribution < -0.4 is 16.2 Å². The van der Waals surface area contributed by atoms with Gasteiger partial charge in [0, 0.05) is 50.1 Å².